The summed E-state index contributed by atoms with van der Waals surface area (Å²) in [6.45, 7) is 4.44. The van der Waals surface area contributed by atoms with Gasteiger partial charge >= 0.3 is 0 Å². The number of carbonyl (C=O) groups excluding carboxylic acids is 2. The van der Waals surface area contributed by atoms with Crippen LogP contribution >= 0.6 is 11.6 Å². The van der Waals surface area contributed by atoms with Crippen molar-refractivity contribution in [2.24, 2.45) is 0 Å². The summed E-state index contributed by atoms with van der Waals surface area (Å²) in [5, 5.41) is 9.41. The maximum absolute atomic E-state index is 11.7. The number of rotatable bonds is 12. The van der Waals surface area contributed by atoms with Crippen molar-refractivity contribution in [2.45, 2.75) is 27.1 Å². The van der Waals surface area contributed by atoms with Gasteiger partial charge in [-0.25, -0.2) is 0 Å². The molecule has 2 heterocycles. The van der Waals surface area contributed by atoms with E-state index < -0.39 is 0 Å². The zero-order valence-electron chi connectivity index (χ0n) is 24.6. The number of aromatic nitrogens is 2. The molecule has 0 aliphatic rings. The minimum Gasteiger partial charge on any atom is -0.488 e. The molecule has 0 atom stereocenters. The highest BCUT2D eigenvalue weighted by Crippen LogP contribution is 2.36. The molecule has 0 unspecified atom stereocenters. The molecule has 0 radical (unpaired) electrons. The monoisotopic (exact) mass is 617 g/mol. The van der Waals surface area contributed by atoms with E-state index in [-0.39, 0.29) is 30.4 Å². The van der Waals surface area contributed by atoms with Gasteiger partial charge in [0.15, 0.2) is 12.6 Å². The fourth-order valence-electron chi connectivity index (χ4n) is 4.91. The lowest BCUT2D eigenvalue weighted by atomic mass is 9.90. The third-order valence-corrected chi connectivity index (χ3v) is 7.59. The van der Waals surface area contributed by atoms with Crippen LogP contribution in [0.4, 0.5) is 0 Å². The van der Waals surface area contributed by atoms with E-state index >= 15 is 0 Å². The van der Waals surface area contributed by atoms with E-state index in [1.807, 2.05) is 43.3 Å². The zero-order valence-corrected chi connectivity index (χ0v) is 25.4. The number of hydrogen-bond donors (Lipinski definition) is 0. The van der Waals surface area contributed by atoms with Gasteiger partial charge in [-0.05, 0) is 65.9 Å². The van der Waals surface area contributed by atoms with Crippen molar-refractivity contribution in [1.82, 2.24) is 9.97 Å². The van der Waals surface area contributed by atoms with Gasteiger partial charge in [-0.15, -0.1) is 0 Å². The van der Waals surface area contributed by atoms with Gasteiger partial charge in [-0.2, -0.15) is 5.26 Å². The Bertz CT molecular complexity index is 1900. The van der Waals surface area contributed by atoms with Crippen LogP contribution < -0.4 is 14.2 Å². The Morgan fingerprint density at radius 3 is 2.31 bits per heavy atom. The van der Waals surface area contributed by atoms with Crippen molar-refractivity contribution >= 4 is 24.2 Å². The average molecular weight is 618 g/mol. The molecule has 5 rings (SSSR count). The Morgan fingerprint density at radius 2 is 1.58 bits per heavy atom. The maximum atomic E-state index is 11.7. The summed E-state index contributed by atoms with van der Waals surface area (Å²) in [5.74, 6) is 1.21. The first-order chi connectivity index (χ1) is 21.9. The smallest absolute Gasteiger partial charge is 0.157 e. The first-order valence-corrected chi connectivity index (χ1v) is 14.4. The number of carbonyl (C=O) groups is 2. The summed E-state index contributed by atoms with van der Waals surface area (Å²) in [6, 6.07) is 22.7. The summed E-state index contributed by atoms with van der Waals surface area (Å²) < 4.78 is 17.4. The van der Waals surface area contributed by atoms with Crippen LogP contribution in [0.25, 0.3) is 22.4 Å². The number of hydrogen-bond acceptors (Lipinski definition) is 8. The lowest BCUT2D eigenvalue weighted by Gasteiger charge is -2.17. The van der Waals surface area contributed by atoms with E-state index in [1.54, 1.807) is 30.6 Å². The van der Waals surface area contributed by atoms with Crippen LogP contribution in [0.3, 0.4) is 0 Å². The molecule has 0 fully saturated rings. The van der Waals surface area contributed by atoms with Crippen LogP contribution in [0, 0.1) is 25.2 Å². The molecule has 3 aromatic carbocycles. The molecule has 45 heavy (non-hydrogen) atoms. The lowest BCUT2D eigenvalue weighted by Crippen LogP contribution is -2.03. The van der Waals surface area contributed by atoms with Gasteiger partial charge < -0.3 is 14.2 Å². The summed E-state index contributed by atoms with van der Waals surface area (Å²) in [4.78, 5) is 30.9. The molecular formula is C36H28ClN3O5. The first kappa shape index (κ1) is 30.9. The number of nitriles is 1. The second-order valence-electron chi connectivity index (χ2n) is 10.1. The SMILES string of the molecule is Cc1c(COc2cc(OCc3cncc(C#N)c3)c(C=O)cc2Cl)cccc1-c1cccc(-c2ccc(OCC=O)cn2)c1C. The van der Waals surface area contributed by atoms with Gasteiger partial charge in [0.2, 0.25) is 0 Å². The highest BCUT2D eigenvalue weighted by Gasteiger charge is 2.15. The van der Waals surface area contributed by atoms with Crippen molar-refractivity contribution in [2.75, 3.05) is 6.61 Å². The predicted molar refractivity (Wildman–Crippen MR) is 171 cm³/mol. The summed E-state index contributed by atoms with van der Waals surface area (Å²) in [6.07, 6.45) is 6.05. The minimum atomic E-state index is -0.0167. The third kappa shape index (κ3) is 7.18. The fourth-order valence-corrected chi connectivity index (χ4v) is 5.14. The number of pyridine rings is 2. The molecule has 0 amide bonds. The predicted octanol–water partition coefficient (Wildman–Crippen LogP) is 7.50. The first-order valence-electron chi connectivity index (χ1n) is 14.0. The van der Waals surface area contributed by atoms with E-state index in [1.165, 1.54) is 12.3 Å². The number of ether oxygens (including phenoxy) is 3. The van der Waals surface area contributed by atoms with Gasteiger partial charge in [-0.1, -0.05) is 48.0 Å². The molecule has 0 aliphatic carbocycles. The molecule has 224 valence electrons. The van der Waals surface area contributed by atoms with Crippen LogP contribution in [-0.2, 0) is 18.0 Å². The van der Waals surface area contributed by atoms with Gasteiger partial charge in [0.25, 0.3) is 0 Å². The van der Waals surface area contributed by atoms with E-state index in [0.29, 0.717) is 40.9 Å². The molecule has 2 aromatic heterocycles. The molecule has 0 bridgehead atoms. The highest BCUT2D eigenvalue weighted by atomic mass is 35.5. The van der Waals surface area contributed by atoms with E-state index in [4.69, 9.17) is 31.1 Å². The van der Waals surface area contributed by atoms with Crippen molar-refractivity contribution in [1.29, 1.82) is 5.26 Å². The Balaban J connectivity index is 1.36. The molecule has 0 aliphatic heterocycles. The minimum absolute atomic E-state index is 0.0167. The summed E-state index contributed by atoms with van der Waals surface area (Å²) in [5.41, 5.74) is 8.36. The standard InChI is InChI=1S/C36H28ClN3O5/c1-23-27(22-45-36-15-35(28(20-42)14-33(36)37)44-21-26-13-25(16-38)17-39-18-26)5-3-6-30(23)31-7-4-8-32(24(31)2)34-10-9-29(19-40-34)43-12-11-41/h3-11,13-15,17-20H,12,21-22H2,1-2H3. The van der Waals surface area contributed by atoms with Crippen LogP contribution in [0.5, 0.6) is 17.2 Å². The lowest BCUT2D eigenvalue weighted by molar-refractivity contribution is -0.109. The second kappa shape index (κ2) is 14.3. The van der Waals surface area contributed by atoms with Gasteiger partial charge in [0.05, 0.1) is 28.0 Å². The molecule has 0 N–H and O–H groups in total. The molecule has 0 saturated carbocycles. The van der Waals surface area contributed by atoms with Crippen LogP contribution in [0.15, 0.2) is 85.3 Å². The molecule has 5 aromatic rings. The highest BCUT2D eigenvalue weighted by molar-refractivity contribution is 6.32. The van der Waals surface area contributed by atoms with Crippen LogP contribution in [0.2, 0.25) is 5.02 Å². The van der Waals surface area contributed by atoms with E-state index in [0.717, 1.165) is 39.1 Å². The number of nitrogens with zero attached hydrogens (tertiary/aromatic N) is 3. The Morgan fingerprint density at radius 1 is 0.822 bits per heavy atom. The van der Waals surface area contributed by atoms with E-state index in [9.17, 15) is 9.59 Å². The molecule has 0 saturated heterocycles. The molecule has 0 spiro atoms. The van der Waals surface area contributed by atoms with Gasteiger partial charge in [-0.3, -0.25) is 19.6 Å². The largest absolute Gasteiger partial charge is 0.488 e. The Kier molecular flexibility index (Phi) is 9.83. The Labute approximate surface area is 265 Å². The van der Waals surface area contributed by atoms with Gasteiger partial charge in [0, 0.05) is 29.6 Å². The summed E-state index contributed by atoms with van der Waals surface area (Å²) in [7, 11) is 0. The van der Waals surface area contributed by atoms with E-state index in [2.05, 4.69) is 29.0 Å². The van der Waals surface area contributed by atoms with Crippen molar-refractivity contribution in [3.63, 3.8) is 0 Å². The Hall–Kier alpha value is -5.52. The summed E-state index contributed by atoms with van der Waals surface area (Å²) >= 11 is 6.49. The third-order valence-electron chi connectivity index (χ3n) is 7.29. The number of aldehydes is 2. The number of benzene rings is 3. The molecule has 9 heteroatoms. The molecule has 8 nitrogen and oxygen atoms in total. The topological polar surface area (TPSA) is 111 Å². The number of halogens is 1. The quantitative estimate of drug-likeness (QED) is 0.132. The fraction of sp³-hybridized carbons (Fsp3) is 0.139. The second-order valence-corrected chi connectivity index (χ2v) is 10.5. The zero-order chi connectivity index (χ0) is 31.8. The van der Waals surface area contributed by atoms with Crippen LogP contribution in [0.1, 0.15) is 38.2 Å². The van der Waals surface area contributed by atoms with Crippen molar-refractivity contribution in [3.8, 4) is 45.7 Å². The van der Waals surface area contributed by atoms with Crippen LogP contribution in [-0.4, -0.2) is 29.1 Å². The van der Waals surface area contributed by atoms with Gasteiger partial charge in [0.1, 0.15) is 43.1 Å². The normalized spacial score (nSPS) is 10.5. The van der Waals surface area contributed by atoms with Crippen molar-refractivity contribution < 1.29 is 23.8 Å². The van der Waals surface area contributed by atoms with Crippen molar-refractivity contribution in [3.05, 3.63) is 124 Å². The average Bonchev–Trinajstić information content (AvgIpc) is 3.07. The maximum Gasteiger partial charge on any atom is 0.157 e. The molecular weight excluding hydrogens is 590 g/mol.